The summed E-state index contributed by atoms with van der Waals surface area (Å²) >= 11 is 0. The minimum absolute atomic E-state index is 0.0432. The fourth-order valence-corrected chi connectivity index (χ4v) is 2.76. The van der Waals surface area contributed by atoms with Crippen LogP contribution in [0.3, 0.4) is 0 Å². The molecule has 2 nitrogen and oxygen atoms in total. The molecule has 0 saturated carbocycles. The van der Waals surface area contributed by atoms with E-state index >= 15 is 0 Å². The predicted octanol–water partition coefficient (Wildman–Crippen LogP) is 4.74. The normalized spacial score (nSPS) is 12.7. The molecule has 2 rings (SSSR count). The van der Waals surface area contributed by atoms with Gasteiger partial charge in [0, 0.05) is 5.56 Å². The fraction of sp³-hybridized carbons (Fsp3) is 0.444. The van der Waals surface area contributed by atoms with E-state index in [0.29, 0.717) is 5.56 Å². The zero-order chi connectivity index (χ0) is 15.6. The van der Waals surface area contributed by atoms with Gasteiger partial charge in [-0.3, -0.25) is 0 Å². The molecule has 0 radical (unpaired) electrons. The van der Waals surface area contributed by atoms with E-state index in [1.165, 1.54) is 11.1 Å². The summed E-state index contributed by atoms with van der Waals surface area (Å²) < 4.78 is 19.3. The third kappa shape index (κ3) is 3.18. The second-order valence-electron chi connectivity index (χ2n) is 5.65. The summed E-state index contributed by atoms with van der Waals surface area (Å²) in [5.41, 5.74) is 4.09. The highest BCUT2D eigenvalue weighted by Crippen LogP contribution is 2.32. The number of rotatable bonds is 5. The molecule has 0 aliphatic carbocycles. The minimum Gasteiger partial charge on any atom is -0.466 e. The van der Waals surface area contributed by atoms with Crippen LogP contribution < -0.4 is 5.32 Å². The summed E-state index contributed by atoms with van der Waals surface area (Å²) in [6, 6.07) is 5.37. The lowest BCUT2D eigenvalue weighted by Gasteiger charge is -2.20. The number of hydrogen-bond acceptors (Lipinski definition) is 2. The van der Waals surface area contributed by atoms with E-state index in [0.717, 1.165) is 30.0 Å². The molecule has 1 atom stereocenters. The van der Waals surface area contributed by atoms with E-state index in [1.54, 1.807) is 13.0 Å². The van der Waals surface area contributed by atoms with Gasteiger partial charge in [0.15, 0.2) is 0 Å². The van der Waals surface area contributed by atoms with Gasteiger partial charge >= 0.3 is 0 Å². The first-order chi connectivity index (χ1) is 9.95. The van der Waals surface area contributed by atoms with Crippen LogP contribution in [0, 0.1) is 33.5 Å². The molecule has 1 N–H and O–H groups in total. The highest BCUT2D eigenvalue weighted by molar-refractivity contribution is 5.41. The molecular weight excluding hydrogens is 265 g/mol. The van der Waals surface area contributed by atoms with Crippen molar-refractivity contribution in [2.75, 3.05) is 6.54 Å². The number of benzene rings is 1. The third-order valence-electron chi connectivity index (χ3n) is 4.02. The minimum atomic E-state index is -0.162. The Morgan fingerprint density at radius 1 is 1.14 bits per heavy atom. The number of nitrogens with one attached hydrogen (secondary N) is 1. The summed E-state index contributed by atoms with van der Waals surface area (Å²) in [5.74, 6) is 1.72. The van der Waals surface area contributed by atoms with E-state index in [9.17, 15) is 4.39 Å². The molecule has 1 heterocycles. The maximum absolute atomic E-state index is 13.5. The van der Waals surface area contributed by atoms with Crippen molar-refractivity contribution in [3.63, 3.8) is 0 Å². The molecule has 1 aromatic heterocycles. The predicted molar refractivity (Wildman–Crippen MR) is 84.2 cm³/mol. The van der Waals surface area contributed by atoms with Crippen molar-refractivity contribution in [2.45, 2.75) is 47.1 Å². The SMILES string of the molecule is CCCNC(c1ccc(F)c(C)c1)c1c(C)oc(C)c1C. The summed E-state index contributed by atoms with van der Waals surface area (Å²) in [6.45, 7) is 10.9. The zero-order valence-electron chi connectivity index (χ0n) is 13.5. The van der Waals surface area contributed by atoms with Gasteiger partial charge < -0.3 is 9.73 Å². The average molecular weight is 289 g/mol. The summed E-state index contributed by atoms with van der Waals surface area (Å²) in [6.07, 6.45) is 1.05. The van der Waals surface area contributed by atoms with Crippen molar-refractivity contribution in [3.05, 3.63) is 57.8 Å². The highest BCUT2D eigenvalue weighted by Gasteiger charge is 2.22. The standard InChI is InChI=1S/C18H24FNO/c1-6-9-20-18(15-7-8-16(19)11(2)10-15)17-12(3)13(4)21-14(17)5/h7-8,10,18,20H,6,9H2,1-5H3. The fourth-order valence-electron chi connectivity index (χ4n) is 2.76. The van der Waals surface area contributed by atoms with Crippen LogP contribution in [-0.2, 0) is 0 Å². The zero-order valence-corrected chi connectivity index (χ0v) is 13.5. The average Bonchev–Trinajstić information content (AvgIpc) is 2.69. The van der Waals surface area contributed by atoms with Gasteiger partial charge in [-0.2, -0.15) is 0 Å². The van der Waals surface area contributed by atoms with Crippen molar-refractivity contribution in [2.24, 2.45) is 0 Å². The molecule has 0 amide bonds. The van der Waals surface area contributed by atoms with Crippen molar-refractivity contribution in [1.29, 1.82) is 0 Å². The van der Waals surface area contributed by atoms with Gasteiger partial charge in [0.05, 0.1) is 6.04 Å². The maximum atomic E-state index is 13.5. The molecule has 0 fully saturated rings. The molecule has 21 heavy (non-hydrogen) atoms. The second kappa shape index (κ2) is 6.44. The number of aryl methyl sites for hydroxylation is 3. The molecule has 1 aromatic carbocycles. The molecule has 1 unspecified atom stereocenters. The van der Waals surface area contributed by atoms with Crippen LogP contribution in [0.2, 0.25) is 0 Å². The summed E-state index contributed by atoms with van der Waals surface area (Å²) in [4.78, 5) is 0. The lowest BCUT2D eigenvalue weighted by atomic mass is 9.94. The van der Waals surface area contributed by atoms with Crippen LogP contribution in [0.15, 0.2) is 22.6 Å². The molecule has 0 aliphatic rings. The molecule has 0 bridgehead atoms. The van der Waals surface area contributed by atoms with Gasteiger partial charge in [-0.25, -0.2) is 4.39 Å². The molecule has 0 saturated heterocycles. The van der Waals surface area contributed by atoms with Crippen molar-refractivity contribution < 1.29 is 8.81 Å². The Morgan fingerprint density at radius 2 is 1.86 bits per heavy atom. The van der Waals surface area contributed by atoms with Crippen molar-refractivity contribution in [1.82, 2.24) is 5.32 Å². The topological polar surface area (TPSA) is 25.2 Å². The quantitative estimate of drug-likeness (QED) is 0.860. The van der Waals surface area contributed by atoms with Crippen LogP contribution in [-0.4, -0.2) is 6.54 Å². The van der Waals surface area contributed by atoms with Gasteiger partial charge in [0.1, 0.15) is 17.3 Å². The highest BCUT2D eigenvalue weighted by atomic mass is 19.1. The Bertz CT molecular complexity index is 630. The molecule has 3 heteroatoms. The Kier molecular flexibility index (Phi) is 4.84. The Morgan fingerprint density at radius 3 is 2.38 bits per heavy atom. The summed E-state index contributed by atoms with van der Waals surface area (Å²) in [7, 11) is 0. The van der Waals surface area contributed by atoms with Crippen LogP contribution in [0.4, 0.5) is 4.39 Å². The third-order valence-corrected chi connectivity index (χ3v) is 4.02. The Balaban J connectivity index is 2.49. The maximum Gasteiger partial charge on any atom is 0.126 e. The van der Waals surface area contributed by atoms with E-state index in [4.69, 9.17) is 4.42 Å². The first-order valence-corrected chi connectivity index (χ1v) is 7.51. The summed E-state index contributed by atoms with van der Waals surface area (Å²) in [5, 5.41) is 3.56. The first-order valence-electron chi connectivity index (χ1n) is 7.51. The van der Waals surface area contributed by atoms with Gasteiger partial charge in [-0.05, 0) is 63.4 Å². The lowest BCUT2D eigenvalue weighted by molar-refractivity contribution is 0.492. The van der Waals surface area contributed by atoms with Crippen LogP contribution in [0.5, 0.6) is 0 Å². The van der Waals surface area contributed by atoms with Crippen molar-refractivity contribution in [3.8, 4) is 0 Å². The van der Waals surface area contributed by atoms with Gasteiger partial charge in [0.25, 0.3) is 0 Å². The number of halogens is 1. The van der Waals surface area contributed by atoms with Crippen LogP contribution in [0.25, 0.3) is 0 Å². The van der Waals surface area contributed by atoms with E-state index in [-0.39, 0.29) is 11.9 Å². The molecule has 114 valence electrons. The smallest absolute Gasteiger partial charge is 0.126 e. The van der Waals surface area contributed by atoms with E-state index in [1.807, 2.05) is 26.0 Å². The monoisotopic (exact) mass is 289 g/mol. The van der Waals surface area contributed by atoms with Crippen LogP contribution in [0.1, 0.15) is 53.2 Å². The Hall–Kier alpha value is -1.61. The Labute approximate surface area is 126 Å². The number of furan rings is 1. The first kappa shape index (κ1) is 15.8. The lowest BCUT2D eigenvalue weighted by Crippen LogP contribution is -2.24. The van der Waals surface area contributed by atoms with Crippen molar-refractivity contribution >= 4 is 0 Å². The van der Waals surface area contributed by atoms with E-state index < -0.39 is 0 Å². The van der Waals surface area contributed by atoms with Crippen LogP contribution >= 0.6 is 0 Å². The van der Waals surface area contributed by atoms with Gasteiger partial charge in [-0.15, -0.1) is 0 Å². The largest absolute Gasteiger partial charge is 0.466 e. The molecule has 2 aromatic rings. The number of hydrogen-bond donors (Lipinski definition) is 1. The second-order valence-corrected chi connectivity index (χ2v) is 5.65. The molecule has 0 spiro atoms. The van der Waals surface area contributed by atoms with Gasteiger partial charge in [-0.1, -0.05) is 19.1 Å². The molecular formula is C18H24FNO. The molecule has 0 aliphatic heterocycles. The van der Waals surface area contributed by atoms with Gasteiger partial charge in [0.2, 0.25) is 0 Å². The van der Waals surface area contributed by atoms with E-state index in [2.05, 4.69) is 19.2 Å².